The van der Waals surface area contributed by atoms with Gasteiger partial charge in [-0.2, -0.15) is 0 Å². The van der Waals surface area contributed by atoms with Crippen LogP contribution in [0.1, 0.15) is 32.0 Å². The third-order valence-electron chi connectivity index (χ3n) is 2.93. The van der Waals surface area contributed by atoms with Gasteiger partial charge in [0.1, 0.15) is 11.5 Å². The van der Waals surface area contributed by atoms with Gasteiger partial charge in [-0.1, -0.05) is 39.0 Å². The smallest absolute Gasteiger partial charge is 0.145 e. The first-order chi connectivity index (χ1) is 9.00. The summed E-state index contributed by atoms with van der Waals surface area (Å²) in [6.45, 7) is 6.96. The third kappa shape index (κ3) is 3.32. The lowest BCUT2D eigenvalue weighted by molar-refractivity contribution is 0.453. The van der Waals surface area contributed by atoms with Crippen LogP contribution in [-0.4, -0.2) is 4.98 Å². The standard InChI is InChI=1S/C16H20N2O/c1-16(2,3)14-6-4-5-7-15(14)19-13-9-8-12(10-17)18-11-13/h4-9,11H,10,17H2,1-3H3. The van der Waals surface area contributed by atoms with Crippen LogP contribution in [0.3, 0.4) is 0 Å². The van der Waals surface area contributed by atoms with Crippen molar-refractivity contribution in [2.75, 3.05) is 0 Å². The minimum atomic E-state index is 0.0429. The summed E-state index contributed by atoms with van der Waals surface area (Å²) in [5.41, 5.74) is 7.61. The number of hydrogen-bond donors (Lipinski definition) is 1. The van der Waals surface area contributed by atoms with Gasteiger partial charge in [0, 0.05) is 12.1 Å². The van der Waals surface area contributed by atoms with Crippen molar-refractivity contribution in [1.29, 1.82) is 0 Å². The molecular formula is C16H20N2O. The number of para-hydroxylation sites is 1. The predicted octanol–water partition coefficient (Wildman–Crippen LogP) is 3.63. The molecule has 0 bridgehead atoms. The molecule has 0 aliphatic heterocycles. The Kier molecular flexibility index (Phi) is 3.86. The van der Waals surface area contributed by atoms with Crippen molar-refractivity contribution in [2.24, 2.45) is 5.73 Å². The number of ether oxygens (including phenoxy) is 1. The molecular weight excluding hydrogens is 236 g/mol. The Morgan fingerprint density at radius 1 is 1.11 bits per heavy atom. The zero-order valence-electron chi connectivity index (χ0n) is 11.7. The number of nitrogens with two attached hydrogens (primary N) is 1. The number of pyridine rings is 1. The molecule has 0 saturated heterocycles. The summed E-state index contributed by atoms with van der Waals surface area (Å²) < 4.78 is 5.93. The van der Waals surface area contributed by atoms with E-state index in [4.69, 9.17) is 10.5 Å². The van der Waals surface area contributed by atoms with E-state index in [-0.39, 0.29) is 5.41 Å². The van der Waals surface area contributed by atoms with E-state index >= 15 is 0 Å². The molecule has 19 heavy (non-hydrogen) atoms. The van der Waals surface area contributed by atoms with Gasteiger partial charge in [0.05, 0.1) is 11.9 Å². The average molecular weight is 256 g/mol. The zero-order chi connectivity index (χ0) is 13.9. The summed E-state index contributed by atoms with van der Waals surface area (Å²) in [7, 11) is 0. The Hall–Kier alpha value is -1.87. The predicted molar refractivity (Wildman–Crippen MR) is 77.3 cm³/mol. The molecule has 2 rings (SSSR count). The first-order valence-corrected chi connectivity index (χ1v) is 6.43. The fraction of sp³-hybridized carbons (Fsp3) is 0.312. The molecule has 0 fully saturated rings. The molecule has 2 aromatic rings. The highest BCUT2D eigenvalue weighted by atomic mass is 16.5. The molecule has 0 amide bonds. The summed E-state index contributed by atoms with van der Waals surface area (Å²) in [5, 5.41) is 0. The largest absolute Gasteiger partial charge is 0.455 e. The van der Waals surface area contributed by atoms with E-state index in [9.17, 15) is 0 Å². The van der Waals surface area contributed by atoms with Crippen molar-refractivity contribution in [3.63, 3.8) is 0 Å². The van der Waals surface area contributed by atoms with Crippen LogP contribution in [0.15, 0.2) is 42.6 Å². The van der Waals surface area contributed by atoms with Crippen LogP contribution in [0, 0.1) is 0 Å². The highest BCUT2D eigenvalue weighted by Crippen LogP contribution is 2.33. The molecule has 3 heteroatoms. The average Bonchev–Trinajstić information content (AvgIpc) is 2.39. The second-order valence-corrected chi connectivity index (χ2v) is 5.54. The number of aromatic nitrogens is 1. The quantitative estimate of drug-likeness (QED) is 0.912. The first kappa shape index (κ1) is 13.6. The van der Waals surface area contributed by atoms with Gasteiger partial charge in [-0.25, -0.2) is 0 Å². The Labute approximate surface area is 114 Å². The molecule has 0 atom stereocenters. The molecule has 0 aliphatic rings. The molecule has 0 saturated carbocycles. The highest BCUT2D eigenvalue weighted by Gasteiger charge is 2.18. The van der Waals surface area contributed by atoms with Gasteiger partial charge in [0.2, 0.25) is 0 Å². The van der Waals surface area contributed by atoms with E-state index in [1.54, 1.807) is 6.20 Å². The van der Waals surface area contributed by atoms with E-state index in [1.807, 2.05) is 30.3 Å². The topological polar surface area (TPSA) is 48.1 Å². The molecule has 1 aromatic carbocycles. The fourth-order valence-corrected chi connectivity index (χ4v) is 1.89. The SMILES string of the molecule is CC(C)(C)c1ccccc1Oc1ccc(CN)nc1. The summed E-state index contributed by atoms with van der Waals surface area (Å²) in [6.07, 6.45) is 1.71. The third-order valence-corrected chi connectivity index (χ3v) is 2.93. The molecule has 0 spiro atoms. The van der Waals surface area contributed by atoms with E-state index in [1.165, 1.54) is 5.56 Å². The van der Waals surface area contributed by atoms with Gasteiger partial charge in [0.25, 0.3) is 0 Å². The van der Waals surface area contributed by atoms with Crippen molar-refractivity contribution < 1.29 is 4.74 Å². The summed E-state index contributed by atoms with van der Waals surface area (Å²) in [6, 6.07) is 11.9. The van der Waals surface area contributed by atoms with Crippen molar-refractivity contribution in [3.8, 4) is 11.5 Å². The lowest BCUT2D eigenvalue weighted by atomic mass is 9.86. The van der Waals surface area contributed by atoms with Gasteiger partial charge in [-0.05, 0) is 23.6 Å². The van der Waals surface area contributed by atoms with Crippen molar-refractivity contribution in [2.45, 2.75) is 32.7 Å². The minimum absolute atomic E-state index is 0.0429. The van der Waals surface area contributed by atoms with Gasteiger partial charge in [0.15, 0.2) is 0 Å². The Balaban J connectivity index is 2.28. The molecule has 1 heterocycles. The lowest BCUT2D eigenvalue weighted by Crippen LogP contribution is -2.12. The lowest BCUT2D eigenvalue weighted by Gasteiger charge is -2.22. The van der Waals surface area contributed by atoms with Crippen molar-refractivity contribution in [1.82, 2.24) is 4.98 Å². The Morgan fingerprint density at radius 2 is 1.84 bits per heavy atom. The second kappa shape index (κ2) is 5.41. The van der Waals surface area contributed by atoms with Crippen LogP contribution >= 0.6 is 0 Å². The van der Waals surface area contributed by atoms with Gasteiger partial charge in [-0.15, -0.1) is 0 Å². The maximum atomic E-state index is 5.93. The summed E-state index contributed by atoms with van der Waals surface area (Å²) >= 11 is 0. The molecule has 0 aliphatic carbocycles. The fourth-order valence-electron chi connectivity index (χ4n) is 1.89. The Bertz CT molecular complexity index is 541. The molecule has 3 nitrogen and oxygen atoms in total. The van der Waals surface area contributed by atoms with Crippen LogP contribution < -0.4 is 10.5 Å². The van der Waals surface area contributed by atoms with Crippen LogP contribution in [0.25, 0.3) is 0 Å². The number of nitrogens with zero attached hydrogens (tertiary/aromatic N) is 1. The first-order valence-electron chi connectivity index (χ1n) is 6.43. The molecule has 0 unspecified atom stereocenters. The zero-order valence-corrected chi connectivity index (χ0v) is 11.7. The van der Waals surface area contributed by atoms with Crippen LogP contribution in [0.4, 0.5) is 0 Å². The van der Waals surface area contributed by atoms with Crippen molar-refractivity contribution >= 4 is 0 Å². The van der Waals surface area contributed by atoms with Crippen LogP contribution in [0.2, 0.25) is 0 Å². The normalized spacial score (nSPS) is 11.4. The van der Waals surface area contributed by atoms with Gasteiger partial charge in [-0.3, -0.25) is 4.98 Å². The van der Waals surface area contributed by atoms with E-state index in [0.717, 1.165) is 17.2 Å². The molecule has 100 valence electrons. The van der Waals surface area contributed by atoms with Gasteiger partial charge >= 0.3 is 0 Å². The van der Waals surface area contributed by atoms with E-state index in [0.29, 0.717) is 6.54 Å². The number of benzene rings is 1. The molecule has 0 radical (unpaired) electrons. The van der Waals surface area contributed by atoms with Gasteiger partial charge < -0.3 is 10.5 Å². The highest BCUT2D eigenvalue weighted by molar-refractivity contribution is 5.41. The second-order valence-electron chi connectivity index (χ2n) is 5.54. The molecule has 2 N–H and O–H groups in total. The van der Waals surface area contributed by atoms with Crippen molar-refractivity contribution in [3.05, 3.63) is 53.9 Å². The Morgan fingerprint density at radius 3 is 2.42 bits per heavy atom. The maximum Gasteiger partial charge on any atom is 0.145 e. The number of hydrogen-bond acceptors (Lipinski definition) is 3. The summed E-state index contributed by atoms with van der Waals surface area (Å²) in [5.74, 6) is 1.60. The maximum absolute atomic E-state index is 5.93. The van der Waals surface area contributed by atoms with E-state index < -0.39 is 0 Å². The molecule has 1 aromatic heterocycles. The monoisotopic (exact) mass is 256 g/mol. The van der Waals surface area contributed by atoms with Crippen LogP contribution in [-0.2, 0) is 12.0 Å². The number of rotatable bonds is 3. The summed E-state index contributed by atoms with van der Waals surface area (Å²) in [4.78, 5) is 4.24. The van der Waals surface area contributed by atoms with E-state index in [2.05, 4.69) is 31.8 Å². The minimum Gasteiger partial charge on any atom is -0.455 e. The van der Waals surface area contributed by atoms with Crippen LogP contribution in [0.5, 0.6) is 11.5 Å².